The average Bonchev–Trinajstić information content (AvgIpc) is 3.05. The molecule has 1 aliphatic rings. The highest BCUT2D eigenvalue weighted by atomic mass is 16.1. The van der Waals surface area contributed by atoms with Crippen LogP contribution in [0.2, 0.25) is 0 Å². The first-order valence-electron chi connectivity index (χ1n) is 10.1. The summed E-state index contributed by atoms with van der Waals surface area (Å²) in [6, 6.07) is 11.0. The fourth-order valence-electron chi connectivity index (χ4n) is 4.02. The summed E-state index contributed by atoms with van der Waals surface area (Å²) in [4.78, 5) is 12.3. The van der Waals surface area contributed by atoms with Crippen LogP contribution in [0.15, 0.2) is 49.1 Å². The van der Waals surface area contributed by atoms with E-state index in [1.807, 2.05) is 6.08 Å². The molecule has 0 amide bonds. The Morgan fingerprint density at radius 1 is 1.15 bits per heavy atom. The molecule has 0 aromatic heterocycles. The van der Waals surface area contributed by atoms with Crippen molar-refractivity contribution < 1.29 is 4.79 Å². The van der Waals surface area contributed by atoms with Gasteiger partial charge in [0, 0.05) is 12.0 Å². The molecule has 0 saturated carbocycles. The van der Waals surface area contributed by atoms with E-state index in [0.717, 1.165) is 24.8 Å². The van der Waals surface area contributed by atoms with Crippen molar-refractivity contribution in [2.45, 2.75) is 59.3 Å². The number of benzene rings is 2. The zero-order chi connectivity index (χ0) is 19.4. The third kappa shape index (κ3) is 3.98. The Morgan fingerprint density at radius 2 is 1.96 bits per heavy atom. The minimum Gasteiger partial charge on any atom is -0.294 e. The summed E-state index contributed by atoms with van der Waals surface area (Å²) in [6.45, 7) is 10.4. The van der Waals surface area contributed by atoms with Gasteiger partial charge in [-0.1, -0.05) is 49.8 Å². The highest BCUT2D eigenvalue weighted by Gasteiger charge is 2.25. The quantitative estimate of drug-likeness (QED) is 0.482. The molecule has 27 heavy (non-hydrogen) atoms. The number of fused-ring (bicyclic) bond motifs is 1. The van der Waals surface area contributed by atoms with Crippen LogP contribution in [0.25, 0.3) is 16.7 Å². The molecule has 0 heterocycles. The number of aryl methyl sites for hydroxylation is 2. The lowest BCUT2D eigenvalue weighted by atomic mass is 9.86. The van der Waals surface area contributed by atoms with Crippen molar-refractivity contribution in [3.05, 3.63) is 76.9 Å². The van der Waals surface area contributed by atoms with Crippen LogP contribution in [0, 0.1) is 6.92 Å². The second-order valence-corrected chi connectivity index (χ2v) is 7.59. The lowest BCUT2D eigenvalue weighted by molar-refractivity contribution is 0.0994. The summed E-state index contributed by atoms with van der Waals surface area (Å²) >= 11 is 0. The van der Waals surface area contributed by atoms with Crippen molar-refractivity contribution in [3.63, 3.8) is 0 Å². The first kappa shape index (κ1) is 19.4. The van der Waals surface area contributed by atoms with Crippen LogP contribution in [0.4, 0.5) is 0 Å². The van der Waals surface area contributed by atoms with Gasteiger partial charge in [-0.25, -0.2) is 0 Å². The van der Waals surface area contributed by atoms with Crippen LogP contribution in [-0.4, -0.2) is 5.78 Å². The van der Waals surface area contributed by atoms with Gasteiger partial charge in [-0.3, -0.25) is 4.79 Å². The first-order chi connectivity index (χ1) is 13.1. The second kappa shape index (κ2) is 8.52. The molecule has 1 heteroatoms. The lowest BCUT2D eigenvalue weighted by Gasteiger charge is -2.18. The van der Waals surface area contributed by atoms with Gasteiger partial charge in [-0.2, -0.15) is 0 Å². The fourth-order valence-corrected chi connectivity index (χ4v) is 4.02. The van der Waals surface area contributed by atoms with Crippen LogP contribution in [0.5, 0.6) is 0 Å². The predicted octanol–water partition coefficient (Wildman–Crippen LogP) is 7.11. The van der Waals surface area contributed by atoms with Crippen LogP contribution >= 0.6 is 0 Å². The van der Waals surface area contributed by atoms with Gasteiger partial charge in [0.05, 0.1) is 0 Å². The van der Waals surface area contributed by atoms with Gasteiger partial charge in [0.1, 0.15) is 0 Å². The number of Topliss-reactive ketones (excluding diaryl/α,β-unsaturated/α-hetero) is 1. The zero-order valence-electron chi connectivity index (χ0n) is 16.9. The molecule has 3 rings (SSSR count). The maximum Gasteiger partial charge on any atom is 0.163 e. The Bertz CT molecular complexity index is 899. The van der Waals surface area contributed by atoms with E-state index < -0.39 is 0 Å². The molecule has 0 fully saturated rings. The summed E-state index contributed by atoms with van der Waals surface area (Å²) in [6.07, 6.45) is 9.98. The van der Waals surface area contributed by atoms with Crippen molar-refractivity contribution in [3.8, 4) is 11.1 Å². The number of carbonyl (C=O) groups is 1. The van der Waals surface area contributed by atoms with E-state index in [2.05, 4.69) is 63.8 Å². The molecule has 1 nitrogen and oxygen atoms in total. The molecule has 0 aliphatic heterocycles. The molecule has 0 N–H and O–H groups in total. The van der Waals surface area contributed by atoms with E-state index in [1.165, 1.54) is 51.8 Å². The molecule has 0 atom stereocenters. The number of hydrogen-bond donors (Lipinski definition) is 0. The highest BCUT2D eigenvalue weighted by molar-refractivity contribution is 6.03. The smallest absolute Gasteiger partial charge is 0.163 e. The van der Waals surface area contributed by atoms with Crippen molar-refractivity contribution in [1.29, 1.82) is 0 Å². The highest BCUT2D eigenvalue weighted by Crippen LogP contribution is 2.38. The summed E-state index contributed by atoms with van der Waals surface area (Å²) in [7, 11) is 0. The monoisotopic (exact) mass is 358 g/mol. The van der Waals surface area contributed by atoms with Gasteiger partial charge in [0.2, 0.25) is 0 Å². The maximum atomic E-state index is 12.3. The summed E-state index contributed by atoms with van der Waals surface area (Å²) in [5.41, 5.74) is 10.0. The van der Waals surface area contributed by atoms with E-state index in [4.69, 9.17) is 0 Å². The summed E-state index contributed by atoms with van der Waals surface area (Å²) < 4.78 is 0. The van der Waals surface area contributed by atoms with Crippen molar-refractivity contribution in [2.75, 3.05) is 0 Å². The number of unbranched alkanes of at least 4 members (excludes halogenated alkanes) is 1. The molecule has 1 aliphatic carbocycles. The topological polar surface area (TPSA) is 17.1 Å². The Labute approximate surface area is 163 Å². The SMILES string of the molecule is C=CC/C=C(\C)c1ccc(C)c(-c2c(CCCC)ccc3c2CCC3=O)c1. The Morgan fingerprint density at radius 3 is 2.70 bits per heavy atom. The predicted molar refractivity (Wildman–Crippen MR) is 116 cm³/mol. The van der Waals surface area contributed by atoms with Crippen LogP contribution in [0.1, 0.15) is 72.1 Å². The molecule has 140 valence electrons. The van der Waals surface area contributed by atoms with Crippen LogP contribution in [0.3, 0.4) is 0 Å². The van der Waals surface area contributed by atoms with Gasteiger partial charge in [0.25, 0.3) is 0 Å². The van der Waals surface area contributed by atoms with Crippen molar-refractivity contribution in [2.24, 2.45) is 0 Å². The van der Waals surface area contributed by atoms with E-state index in [0.29, 0.717) is 12.2 Å². The maximum absolute atomic E-state index is 12.3. The van der Waals surface area contributed by atoms with Gasteiger partial charge in [-0.15, -0.1) is 6.58 Å². The standard InChI is InChI=1S/C26H30O/c1-5-7-9-18(3)21-12-11-19(4)24(17-21)26-20(10-8-6-2)13-14-22-23(26)15-16-25(22)27/h5,9,11-14,17H,1,6-8,10,15-16H2,2-4H3/b18-9+. The van der Waals surface area contributed by atoms with Gasteiger partial charge < -0.3 is 0 Å². The molecule has 0 saturated heterocycles. The van der Waals surface area contributed by atoms with E-state index in [1.54, 1.807) is 0 Å². The average molecular weight is 359 g/mol. The van der Waals surface area contributed by atoms with Gasteiger partial charge in [0.15, 0.2) is 5.78 Å². The third-order valence-corrected chi connectivity index (χ3v) is 5.65. The largest absolute Gasteiger partial charge is 0.294 e. The molecule has 0 spiro atoms. The normalized spacial score (nSPS) is 13.7. The van der Waals surface area contributed by atoms with Gasteiger partial charge in [-0.05, 0) is 84.6 Å². The number of allylic oxidation sites excluding steroid dienone is 3. The fraction of sp³-hybridized carbons (Fsp3) is 0.346. The number of ketones is 1. The molecule has 2 aromatic carbocycles. The molecule has 0 unspecified atom stereocenters. The van der Waals surface area contributed by atoms with E-state index >= 15 is 0 Å². The third-order valence-electron chi connectivity index (χ3n) is 5.65. The number of hydrogen-bond acceptors (Lipinski definition) is 1. The molecule has 0 radical (unpaired) electrons. The van der Waals surface area contributed by atoms with Crippen LogP contribution in [-0.2, 0) is 12.8 Å². The van der Waals surface area contributed by atoms with Gasteiger partial charge >= 0.3 is 0 Å². The van der Waals surface area contributed by atoms with Crippen LogP contribution < -0.4 is 0 Å². The molecular weight excluding hydrogens is 328 g/mol. The Kier molecular flexibility index (Phi) is 6.11. The Hall–Kier alpha value is -2.41. The molecule has 0 bridgehead atoms. The number of rotatable bonds is 7. The minimum atomic E-state index is 0.296. The van der Waals surface area contributed by atoms with Crippen molar-refractivity contribution in [1.82, 2.24) is 0 Å². The zero-order valence-corrected chi connectivity index (χ0v) is 16.9. The minimum absolute atomic E-state index is 0.296. The molecule has 2 aromatic rings. The van der Waals surface area contributed by atoms with E-state index in [-0.39, 0.29) is 0 Å². The summed E-state index contributed by atoms with van der Waals surface area (Å²) in [5.74, 6) is 0.296. The first-order valence-corrected chi connectivity index (χ1v) is 10.1. The van der Waals surface area contributed by atoms with E-state index in [9.17, 15) is 4.79 Å². The summed E-state index contributed by atoms with van der Waals surface area (Å²) in [5, 5.41) is 0. The second-order valence-electron chi connectivity index (χ2n) is 7.59. The van der Waals surface area contributed by atoms with Crippen molar-refractivity contribution >= 4 is 11.4 Å². The lowest BCUT2D eigenvalue weighted by Crippen LogP contribution is -2.00. The number of carbonyl (C=O) groups excluding carboxylic acids is 1. The molecular formula is C26H30O. The Balaban J connectivity index is 2.17.